The summed E-state index contributed by atoms with van der Waals surface area (Å²) in [6.45, 7) is 4.07. The largest absolute Gasteiger partial charge is 0.494 e. The summed E-state index contributed by atoms with van der Waals surface area (Å²) < 4.78 is 5.88. The summed E-state index contributed by atoms with van der Waals surface area (Å²) in [6.07, 6.45) is 9.49. The van der Waals surface area contributed by atoms with E-state index in [0.717, 1.165) is 35.8 Å². The summed E-state index contributed by atoms with van der Waals surface area (Å²) in [4.78, 5) is 24.4. The van der Waals surface area contributed by atoms with Gasteiger partial charge in [-0.3, -0.25) is 9.59 Å². The molecule has 0 bridgehead atoms. The molecule has 2 amide bonds. The molecule has 3 rings (SSSR count). The molecule has 1 fully saturated rings. The Labute approximate surface area is 184 Å². The number of carbonyl (C=O) groups excluding carboxylic acids is 2. The second kappa shape index (κ2) is 11.3. The van der Waals surface area contributed by atoms with Crippen LogP contribution in [0.4, 0.5) is 5.69 Å². The summed E-state index contributed by atoms with van der Waals surface area (Å²) in [7, 11) is 0. The molecule has 1 aliphatic rings. The number of anilines is 1. The molecule has 0 radical (unpaired) electrons. The third-order valence-electron chi connectivity index (χ3n) is 5.68. The Morgan fingerprint density at radius 2 is 1.74 bits per heavy atom. The molecule has 31 heavy (non-hydrogen) atoms. The maximum atomic E-state index is 12.8. The normalized spacial score (nSPS) is 14.7. The van der Waals surface area contributed by atoms with Gasteiger partial charge >= 0.3 is 0 Å². The number of hydrogen-bond acceptors (Lipinski definition) is 3. The van der Waals surface area contributed by atoms with E-state index in [0.29, 0.717) is 5.69 Å². The average Bonchev–Trinajstić information content (AvgIpc) is 2.76. The number of benzene rings is 2. The van der Waals surface area contributed by atoms with Crippen molar-refractivity contribution in [3.63, 3.8) is 0 Å². The van der Waals surface area contributed by atoms with Gasteiger partial charge in [-0.1, -0.05) is 56.4 Å². The number of ether oxygens (including phenoxy) is 1. The molecule has 0 saturated heterocycles. The lowest BCUT2D eigenvalue weighted by molar-refractivity contribution is -0.120. The number of rotatable bonds is 8. The van der Waals surface area contributed by atoms with Crippen molar-refractivity contribution in [1.82, 2.24) is 5.32 Å². The summed E-state index contributed by atoms with van der Waals surface area (Å²) in [6, 6.07) is 15.0. The molecule has 2 aromatic carbocycles. The average molecular weight is 421 g/mol. The number of carbonyl (C=O) groups is 2. The zero-order valence-corrected chi connectivity index (χ0v) is 18.4. The molecule has 1 aliphatic carbocycles. The van der Waals surface area contributed by atoms with Gasteiger partial charge in [0.05, 0.1) is 6.61 Å². The molecule has 2 N–H and O–H groups in total. The first-order valence-corrected chi connectivity index (χ1v) is 11.1. The van der Waals surface area contributed by atoms with Crippen molar-refractivity contribution < 1.29 is 14.3 Å². The van der Waals surface area contributed by atoms with E-state index in [-0.39, 0.29) is 17.5 Å². The van der Waals surface area contributed by atoms with Crippen molar-refractivity contribution in [3.05, 3.63) is 65.4 Å². The lowest BCUT2D eigenvalue weighted by atomic mass is 9.87. The van der Waals surface area contributed by atoms with Gasteiger partial charge in [-0.15, -0.1) is 0 Å². The van der Waals surface area contributed by atoms with Gasteiger partial charge in [-0.25, -0.2) is 0 Å². The van der Waals surface area contributed by atoms with E-state index in [9.17, 15) is 9.59 Å². The second-order valence-corrected chi connectivity index (χ2v) is 8.22. The molecule has 1 saturated carbocycles. The molecule has 0 atom stereocenters. The highest BCUT2D eigenvalue weighted by Crippen LogP contribution is 2.26. The van der Waals surface area contributed by atoms with Crippen molar-refractivity contribution in [2.24, 2.45) is 5.92 Å². The fourth-order valence-electron chi connectivity index (χ4n) is 3.90. The van der Waals surface area contributed by atoms with Gasteiger partial charge in [0, 0.05) is 12.6 Å². The first-order valence-electron chi connectivity index (χ1n) is 11.1. The molecular weight excluding hydrogens is 388 g/mol. The van der Waals surface area contributed by atoms with Crippen LogP contribution in [0.2, 0.25) is 0 Å². The third kappa shape index (κ3) is 7.28. The van der Waals surface area contributed by atoms with Crippen LogP contribution >= 0.6 is 0 Å². The van der Waals surface area contributed by atoms with Crippen LogP contribution in [-0.2, 0) is 9.59 Å². The number of hydrogen-bond donors (Lipinski definition) is 2. The Kier molecular flexibility index (Phi) is 8.27. The highest BCUT2D eigenvalue weighted by atomic mass is 16.5. The Hall–Kier alpha value is -3.08. The van der Waals surface area contributed by atoms with Crippen LogP contribution in [0.15, 0.2) is 54.2 Å². The summed E-state index contributed by atoms with van der Waals surface area (Å²) in [5.41, 5.74) is 2.75. The first-order chi connectivity index (χ1) is 15.0. The zero-order chi connectivity index (χ0) is 22.1. The molecule has 5 heteroatoms. The fraction of sp³-hybridized carbons (Fsp3) is 0.385. The Bertz CT molecular complexity index is 913. The topological polar surface area (TPSA) is 67.4 Å². The van der Waals surface area contributed by atoms with Crippen molar-refractivity contribution >= 4 is 23.6 Å². The van der Waals surface area contributed by atoms with Crippen LogP contribution in [0.25, 0.3) is 6.08 Å². The maximum absolute atomic E-state index is 12.8. The van der Waals surface area contributed by atoms with Crippen molar-refractivity contribution in [3.8, 4) is 5.75 Å². The molecule has 0 spiro atoms. The Balaban J connectivity index is 1.58. The van der Waals surface area contributed by atoms with E-state index in [4.69, 9.17) is 4.74 Å². The molecular formula is C26H32N2O3. The zero-order valence-electron chi connectivity index (χ0n) is 18.4. The monoisotopic (exact) mass is 420 g/mol. The van der Waals surface area contributed by atoms with E-state index < -0.39 is 0 Å². The quantitative estimate of drug-likeness (QED) is 0.557. The number of aryl methyl sites for hydroxylation is 1. The first kappa shape index (κ1) is 22.6. The van der Waals surface area contributed by atoms with E-state index in [1.165, 1.54) is 39.0 Å². The van der Waals surface area contributed by atoms with Gasteiger partial charge < -0.3 is 15.4 Å². The van der Waals surface area contributed by atoms with Crippen LogP contribution in [-0.4, -0.2) is 18.4 Å². The molecule has 0 aliphatic heterocycles. The van der Waals surface area contributed by atoms with E-state index >= 15 is 0 Å². The lowest BCUT2D eigenvalue weighted by Gasteiger charge is -2.21. The molecule has 5 nitrogen and oxygen atoms in total. The van der Waals surface area contributed by atoms with Gasteiger partial charge in [0.1, 0.15) is 11.4 Å². The lowest BCUT2D eigenvalue weighted by Crippen LogP contribution is -2.29. The highest BCUT2D eigenvalue weighted by molar-refractivity contribution is 6.08. The minimum atomic E-state index is -0.371. The standard InChI is InChI=1S/C26H32N2O3/c1-19-8-6-7-11-22(19)18-25(27-20(2)29)26(30)28-23-12-14-24(15-13-23)31-17-16-21-9-4-3-5-10-21/h6-8,11-15,18,21H,3-5,9-10,16-17H2,1-2H3,(H,27,29)(H,28,30)/b25-18-. The molecule has 164 valence electrons. The SMILES string of the molecule is CC(=O)N/C(=C\c1ccccc1C)C(=O)Nc1ccc(OCCC2CCCCC2)cc1. The predicted molar refractivity (Wildman–Crippen MR) is 125 cm³/mol. The predicted octanol–water partition coefficient (Wildman–Crippen LogP) is 5.46. The van der Waals surface area contributed by atoms with E-state index in [1.807, 2.05) is 55.5 Å². The smallest absolute Gasteiger partial charge is 0.272 e. The van der Waals surface area contributed by atoms with Crippen molar-refractivity contribution in [2.45, 2.75) is 52.4 Å². The Morgan fingerprint density at radius 3 is 2.42 bits per heavy atom. The maximum Gasteiger partial charge on any atom is 0.272 e. The molecule has 2 aromatic rings. The highest BCUT2D eigenvalue weighted by Gasteiger charge is 2.14. The Morgan fingerprint density at radius 1 is 1.03 bits per heavy atom. The fourth-order valence-corrected chi connectivity index (χ4v) is 3.90. The number of nitrogens with one attached hydrogen (secondary N) is 2. The number of amides is 2. The summed E-state index contributed by atoms with van der Waals surface area (Å²) in [5.74, 6) is 0.923. The second-order valence-electron chi connectivity index (χ2n) is 8.22. The molecule has 0 heterocycles. The van der Waals surface area contributed by atoms with Gasteiger partial charge in [0.2, 0.25) is 5.91 Å². The van der Waals surface area contributed by atoms with Crippen LogP contribution < -0.4 is 15.4 Å². The van der Waals surface area contributed by atoms with Gasteiger partial charge in [-0.05, 0) is 60.7 Å². The van der Waals surface area contributed by atoms with Crippen LogP contribution in [0.1, 0.15) is 56.6 Å². The summed E-state index contributed by atoms with van der Waals surface area (Å²) in [5, 5.41) is 5.48. The third-order valence-corrected chi connectivity index (χ3v) is 5.68. The van der Waals surface area contributed by atoms with Crippen LogP contribution in [0.5, 0.6) is 5.75 Å². The van der Waals surface area contributed by atoms with Crippen LogP contribution in [0, 0.1) is 12.8 Å². The van der Waals surface area contributed by atoms with Crippen molar-refractivity contribution in [1.29, 1.82) is 0 Å². The van der Waals surface area contributed by atoms with Gasteiger partial charge in [-0.2, -0.15) is 0 Å². The van der Waals surface area contributed by atoms with Crippen LogP contribution in [0.3, 0.4) is 0 Å². The van der Waals surface area contributed by atoms with Gasteiger partial charge in [0.25, 0.3) is 5.91 Å². The summed E-state index contributed by atoms with van der Waals surface area (Å²) >= 11 is 0. The van der Waals surface area contributed by atoms with Crippen molar-refractivity contribution in [2.75, 3.05) is 11.9 Å². The minimum Gasteiger partial charge on any atom is -0.494 e. The minimum absolute atomic E-state index is 0.203. The van der Waals surface area contributed by atoms with E-state index in [2.05, 4.69) is 10.6 Å². The van der Waals surface area contributed by atoms with E-state index in [1.54, 1.807) is 6.08 Å². The molecule has 0 unspecified atom stereocenters. The van der Waals surface area contributed by atoms with Gasteiger partial charge in [0.15, 0.2) is 0 Å². The molecule has 0 aromatic heterocycles.